The summed E-state index contributed by atoms with van der Waals surface area (Å²) in [5.74, 6) is -3.94. The fraction of sp³-hybridized carbons (Fsp3) is 0.133. The Morgan fingerprint density at radius 3 is 2.16 bits per heavy atom. The highest BCUT2D eigenvalue weighted by atomic mass is 79.9. The maximum atomic E-state index is 12.1. The molecule has 25 heavy (non-hydrogen) atoms. The van der Waals surface area contributed by atoms with Gasteiger partial charge in [0, 0.05) is 28.5 Å². The number of amides is 1. The van der Waals surface area contributed by atoms with Crippen LogP contribution in [-0.4, -0.2) is 38.4 Å². The Labute approximate surface area is 154 Å². The van der Waals surface area contributed by atoms with Crippen molar-refractivity contribution in [3.8, 4) is 0 Å². The van der Waals surface area contributed by atoms with E-state index in [0.717, 1.165) is 4.47 Å². The average molecular weight is 429 g/mol. The zero-order valence-corrected chi connectivity index (χ0v) is 15.3. The molecule has 2 rings (SSSR count). The van der Waals surface area contributed by atoms with Crippen molar-refractivity contribution in [1.82, 2.24) is 4.57 Å². The summed E-state index contributed by atoms with van der Waals surface area (Å²) in [7, 11) is 0. The third-order valence-electron chi connectivity index (χ3n) is 2.58. The molecule has 0 saturated carbocycles. The number of carbonyl (C=O) groups excluding carboxylic acids is 2. The Morgan fingerprint density at radius 2 is 1.68 bits per heavy atom. The number of hydrogen-bond donors (Lipinski definition) is 2. The van der Waals surface area contributed by atoms with Gasteiger partial charge in [0.2, 0.25) is 5.91 Å². The highest BCUT2D eigenvalue weighted by Crippen LogP contribution is 2.11. The summed E-state index contributed by atoms with van der Waals surface area (Å²) in [4.78, 5) is 45.7. The van der Waals surface area contributed by atoms with Crippen molar-refractivity contribution >= 4 is 50.9 Å². The smallest absolute Gasteiger partial charge is 0.414 e. The number of benzene rings is 1. The van der Waals surface area contributed by atoms with Crippen molar-refractivity contribution in [2.24, 2.45) is 4.99 Å². The largest absolute Gasteiger partial charge is 0.473 e. The molecule has 0 aliphatic heterocycles. The van der Waals surface area contributed by atoms with Gasteiger partial charge >= 0.3 is 11.9 Å². The molecule has 0 aliphatic carbocycles. The number of carboxylic acid groups (broad SMARTS) is 2. The predicted molar refractivity (Wildman–Crippen MR) is 92.3 cm³/mol. The molecule has 0 atom stereocenters. The van der Waals surface area contributed by atoms with E-state index in [9.17, 15) is 9.59 Å². The summed E-state index contributed by atoms with van der Waals surface area (Å²) < 4.78 is 2.61. The Kier molecular flexibility index (Phi) is 7.89. The molecule has 1 aromatic heterocycles. The SMILES string of the molecule is CC(=O)N=c1sccn1CC(=O)c1ccc(Br)cc1.O=C(O)C(=O)O. The van der Waals surface area contributed by atoms with Gasteiger partial charge in [-0.05, 0) is 12.1 Å². The normalized spacial score (nSPS) is 10.6. The van der Waals surface area contributed by atoms with Gasteiger partial charge in [-0.3, -0.25) is 9.59 Å². The molecular formula is C15H13BrN2O6S. The van der Waals surface area contributed by atoms with Crippen molar-refractivity contribution in [2.45, 2.75) is 13.5 Å². The number of aliphatic carboxylic acids is 2. The van der Waals surface area contributed by atoms with Crippen molar-refractivity contribution in [3.05, 3.63) is 50.7 Å². The number of hydrogen-bond acceptors (Lipinski definition) is 5. The van der Waals surface area contributed by atoms with E-state index in [4.69, 9.17) is 19.8 Å². The third kappa shape index (κ3) is 7.23. The van der Waals surface area contributed by atoms with Gasteiger partial charge in [0.1, 0.15) is 0 Å². The highest BCUT2D eigenvalue weighted by molar-refractivity contribution is 9.10. The molecule has 0 spiro atoms. The van der Waals surface area contributed by atoms with E-state index >= 15 is 0 Å². The lowest BCUT2D eigenvalue weighted by Crippen LogP contribution is -2.20. The van der Waals surface area contributed by atoms with Crippen molar-refractivity contribution in [1.29, 1.82) is 0 Å². The fourth-order valence-corrected chi connectivity index (χ4v) is 2.56. The zero-order valence-electron chi connectivity index (χ0n) is 12.9. The zero-order chi connectivity index (χ0) is 19.0. The molecule has 10 heteroatoms. The second-order valence-electron chi connectivity index (χ2n) is 4.48. The minimum absolute atomic E-state index is 0.0177. The molecule has 1 heterocycles. The molecule has 0 aliphatic rings. The number of halogens is 1. The lowest BCUT2D eigenvalue weighted by atomic mass is 10.1. The summed E-state index contributed by atoms with van der Waals surface area (Å²) in [5.41, 5.74) is 0.635. The Morgan fingerprint density at radius 1 is 1.12 bits per heavy atom. The molecule has 1 aromatic carbocycles. The van der Waals surface area contributed by atoms with E-state index in [-0.39, 0.29) is 18.2 Å². The third-order valence-corrected chi connectivity index (χ3v) is 3.90. The van der Waals surface area contributed by atoms with Gasteiger partial charge in [0.25, 0.3) is 0 Å². The Balaban J connectivity index is 0.000000450. The van der Waals surface area contributed by atoms with E-state index < -0.39 is 11.9 Å². The number of rotatable bonds is 3. The lowest BCUT2D eigenvalue weighted by molar-refractivity contribution is -0.159. The van der Waals surface area contributed by atoms with Crippen molar-refractivity contribution in [3.63, 3.8) is 0 Å². The van der Waals surface area contributed by atoms with Gasteiger partial charge in [-0.2, -0.15) is 4.99 Å². The summed E-state index contributed by atoms with van der Waals surface area (Å²) in [6.45, 7) is 1.57. The monoisotopic (exact) mass is 428 g/mol. The molecule has 0 fully saturated rings. The van der Waals surface area contributed by atoms with Gasteiger partial charge in [-0.25, -0.2) is 9.59 Å². The van der Waals surface area contributed by atoms with Crippen LogP contribution < -0.4 is 4.80 Å². The van der Waals surface area contributed by atoms with Gasteiger partial charge in [0.05, 0.1) is 6.54 Å². The topological polar surface area (TPSA) is 126 Å². The van der Waals surface area contributed by atoms with Gasteiger partial charge in [0.15, 0.2) is 10.6 Å². The molecule has 132 valence electrons. The lowest BCUT2D eigenvalue weighted by Gasteiger charge is -2.02. The second-order valence-corrected chi connectivity index (χ2v) is 6.27. The van der Waals surface area contributed by atoms with Crippen LogP contribution in [0.3, 0.4) is 0 Å². The number of Topliss-reactive ketones (excluding diaryl/α,β-unsaturated/α-hetero) is 1. The summed E-state index contributed by atoms with van der Waals surface area (Å²) in [6.07, 6.45) is 1.75. The molecule has 8 nitrogen and oxygen atoms in total. The van der Waals surface area contributed by atoms with E-state index in [0.29, 0.717) is 10.4 Å². The Hall–Kier alpha value is -2.59. The standard InChI is InChI=1S/C13H11BrN2O2S.C2H2O4/c1-9(17)15-13-16(6-7-19-13)8-12(18)10-2-4-11(14)5-3-10;3-1(4)2(5)6/h2-7H,8H2,1H3;(H,3,4)(H,5,6). The predicted octanol–water partition coefficient (Wildman–Crippen LogP) is 1.80. The van der Waals surface area contributed by atoms with Crippen LogP contribution in [0.1, 0.15) is 17.3 Å². The van der Waals surface area contributed by atoms with E-state index in [1.807, 2.05) is 12.1 Å². The van der Waals surface area contributed by atoms with Crippen molar-refractivity contribution < 1.29 is 29.4 Å². The molecule has 0 bridgehead atoms. The molecular weight excluding hydrogens is 416 g/mol. The van der Waals surface area contributed by atoms with Crippen LogP contribution >= 0.6 is 27.3 Å². The van der Waals surface area contributed by atoms with Crippen molar-refractivity contribution in [2.75, 3.05) is 0 Å². The maximum Gasteiger partial charge on any atom is 0.414 e. The molecule has 2 N–H and O–H groups in total. The van der Waals surface area contributed by atoms with E-state index in [1.165, 1.54) is 18.3 Å². The van der Waals surface area contributed by atoms with Gasteiger partial charge in [-0.1, -0.05) is 28.1 Å². The summed E-state index contributed by atoms with van der Waals surface area (Å²) in [5, 5.41) is 16.6. The van der Waals surface area contributed by atoms with E-state index in [2.05, 4.69) is 20.9 Å². The van der Waals surface area contributed by atoms with Gasteiger partial charge < -0.3 is 14.8 Å². The number of nitrogens with zero attached hydrogens (tertiary/aromatic N) is 2. The minimum Gasteiger partial charge on any atom is -0.473 e. The first kappa shape index (κ1) is 20.5. The number of thiazole rings is 1. The molecule has 1 amide bonds. The number of carboxylic acids is 2. The molecule has 0 unspecified atom stereocenters. The first-order valence-electron chi connectivity index (χ1n) is 6.65. The Bertz CT molecular complexity index is 841. The second kappa shape index (κ2) is 9.64. The first-order valence-corrected chi connectivity index (χ1v) is 8.32. The van der Waals surface area contributed by atoms with Crippen LogP contribution in [0.2, 0.25) is 0 Å². The van der Waals surface area contributed by atoms with Crippen LogP contribution in [-0.2, 0) is 20.9 Å². The van der Waals surface area contributed by atoms with Crippen LogP contribution in [0, 0.1) is 0 Å². The summed E-state index contributed by atoms with van der Waals surface area (Å²) in [6, 6.07) is 7.18. The molecule has 2 aromatic rings. The quantitative estimate of drug-likeness (QED) is 0.566. The number of aromatic nitrogens is 1. The first-order chi connectivity index (χ1) is 11.7. The summed E-state index contributed by atoms with van der Waals surface area (Å²) >= 11 is 4.66. The fourth-order valence-electron chi connectivity index (χ4n) is 1.52. The van der Waals surface area contributed by atoms with Crippen LogP contribution in [0.25, 0.3) is 0 Å². The minimum atomic E-state index is -1.82. The van der Waals surface area contributed by atoms with Crippen LogP contribution in [0.15, 0.2) is 45.3 Å². The molecule has 0 radical (unpaired) electrons. The maximum absolute atomic E-state index is 12.1. The van der Waals surface area contributed by atoms with Gasteiger partial charge in [-0.15, -0.1) is 11.3 Å². The molecule has 0 saturated heterocycles. The van der Waals surface area contributed by atoms with Crippen LogP contribution in [0.4, 0.5) is 0 Å². The van der Waals surface area contributed by atoms with Crippen LogP contribution in [0.5, 0.6) is 0 Å². The number of ketones is 1. The van der Waals surface area contributed by atoms with E-state index in [1.54, 1.807) is 28.3 Å². The number of carbonyl (C=O) groups is 4. The highest BCUT2D eigenvalue weighted by Gasteiger charge is 2.08. The average Bonchev–Trinajstić information content (AvgIpc) is 2.94.